The molecule has 1 aliphatic rings. The quantitative estimate of drug-likeness (QED) is 0.566. The molecule has 0 heterocycles. The molecule has 0 aromatic rings. The Labute approximate surface area is 78.5 Å². The lowest BCUT2D eigenvalue weighted by Gasteiger charge is -2.30. The summed E-state index contributed by atoms with van der Waals surface area (Å²) in [6, 6.07) is 0.278. The standard InChI is InChI=1S/C9H18N2O2/c1-9(10,8(12)13)11-7-5-3-2-4-6-7/h7,11H,2-6,10H2,1H3,(H,12,13)/t9-/m1/s1. The Morgan fingerprint density at radius 2 is 2.00 bits per heavy atom. The van der Waals surface area contributed by atoms with Crippen molar-refractivity contribution in [1.29, 1.82) is 0 Å². The third kappa shape index (κ3) is 2.97. The molecule has 0 saturated heterocycles. The van der Waals surface area contributed by atoms with Crippen molar-refractivity contribution < 1.29 is 9.90 Å². The number of carbonyl (C=O) groups is 1. The molecule has 0 spiro atoms. The summed E-state index contributed by atoms with van der Waals surface area (Å²) < 4.78 is 0. The Balaban J connectivity index is 2.41. The molecule has 0 unspecified atom stereocenters. The van der Waals surface area contributed by atoms with Gasteiger partial charge in [-0.2, -0.15) is 0 Å². The van der Waals surface area contributed by atoms with E-state index >= 15 is 0 Å². The molecule has 1 fully saturated rings. The summed E-state index contributed by atoms with van der Waals surface area (Å²) in [6.07, 6.45) is 5.69. The van der Waals surface area contributed by atoms with Crippen molar-refractivity contribution in [3.8, 4) is 0 Å². The van der Waals surface area contributed by atoms with Crippen LogP contribution in [-0.4, -0.2) is 22.8 Å². The molecule has 0 aliphatic heterocycles. The molecule has 4 heteroatoms. The minimum absolute atomic E-state index is 0.278. The number of aliphatic carboxylic acids is 1. The fourth-order valence-corrected chi connectivity index (χ4v) is 1.73. The maximum absolute atomic E-state index is 10.7. The third-order valence-corrected chi connectivity index (χ3v) is 2.55. The molecule has 0 amide bonds. The van der Waals surface area contributed by atoms with Gasteiger partial charge in [0.05, 0.1) is 0 Å². The second kappa shape index (κ2) is 4.07. The van der Waals surface area contributed by atoms with E-state index in [9.17, 15) is 4.79 Å². The lowest BCUT2D eigenvalue weighted by Crippen LogP contribution is -2.60. The molecule has 76 valence electrons. The second-order valence-electron chi connectivity index (χ2n) is 3.99. The molecule has 0 bridgehead atoms. The van der Waals surface area contributed by atoms with Gasteiger partial charge >= 0.3 is 5.97 Å². The second-order valence-corrected chi connectivity index (χ2v) is 3.99. The van der Waals surface area contributed by atoms with Gasteiger partial charge in [0, 0.05) is 6.04 Å². The van der Waals surface area contributed by atoms with Gasteiger partial charge in [-0.05, 0) is 19.8 Å². The Morgan fingerprint density at radius 1 is 1.46 bits per heavy atom. The Kier molecular flexibility index (Phi) is 3.27. The van der Waals surface area contributed by atoms with Crippen LogP contribution in [0.5, 0.6) is 0 Å². The summed E-state index contributed by atoms with van der Waals surface area (Å²) in [5, 5.41) is 11.8. The van der Waals surface area contributed by atoms with Crippen LogP contribution in [0.15, 0.2) is 0 Å². The summed E-state index contributed by atoms with van der Waals surface area (Å²) in [6.45, 7) is 1.50. The third-order valence-electron chi connectivity index (χ3n) is 2.55. The Bertz CT molecular complexity index is 186. The zero-order valence-electron chi connectivity index (χ0n) is 8.05. The largest absolute Gasteiger partial charge is 0.479 e. The van der Waals surface area contributed by atoms with Crippen LogP contribution in [0.1, 0.15) is 39.0 Å². The van der Waals surface area contributed by atoms with Crippen molar-refractivity contribution in [2.45, 2.75) is 50.7 Å². The molecule has 13 heavy (non-hydrogen) atoms. The monoisotopic (exact) mass is 186 g/mol. The molecule has 0 aromatic heterocycles. The first-order valence-corrected chi connectivity index (χ1v) is 4.82. The fourth-order valence-electron chi connectivity index (χ4n) is 1.73. The summed E-state index contributed by atoms with van der Waals surface area (Å²) in [5.41, 5.74) is 4.30. The zero-order chi connectivity index (χ0) is 9.90. The van der Waals surface area contributed by atoms with Crippen LogP contribution >= 0.6 is 0 Å². The predicted molar refractivity (Wildman–Crippen MR) is 50.2 cm³/mol. The van der Waals surface area contributed by atoms with Gasteiger partial charge in [-0.3, -0.25) is 5.32 Å². The van der Waals surface area contributed by atoms with Crippen molar-refractivity contribution in [2.24, 2.45) is 5.73 Å². The lowest BCUT2D eigenvalue weighted by atomic mass is 9.94. The van der Waals surface area contributed by atoms with Crippen molar-refractivity contribution in [3.63, 3.8) is 0 Å². The van der Waals surface area contributed by atoms with E-state index in [1.54, 1.807) is 0 Å². The molecule has 1 atom stereocenters. The van der Waals surface area contributed by atoms with E-state index in [0.717, 1.165) is 12.8 Å². The van der Waals surface area contributed by atoms with Crippen molar-refractivity contribution >= 4 is 5.97 Å². The Morgan fingerprint density at radius 3 is 2.46 bits per heavy atom. The summed E-state index contributed by atoms with van der Waals surface area (Å²) in [4.78, 5) is 10.7. The number of rotatable bonds is 3. The molecule has 0 aromatic carbocycles. The molecule has 1 saturated carbocycles. The van der Waals surface area contributed by atoms with Gasteiger partial charge in [0.1, 0.15) is 0 Å². The molecular formula is C9H18N2O2. The lowest BCUT2D eigenvalue weighted by molar-refractivity contribution is -0.144. The highest BCUT2D eigenvalue weighted by atomic mass is 16.4. The van der Waals surface area contributed by atoms with Crippen LogP contribution in [0.25, 0.3) is 0 Å². The van der Waals surface area contributed by atoms with Gasteiger partial charge in [-0.15, -0.1) is 0 Å². The number of nitrogens with one attached hydrogen (secondary N) is 1. The van der Waals surface area contributed by atoms with E-state index in [1.165, 1.54) is 26.2 Å². The van der Waals surface area contributed by atoms with E-state index in [0.29, 0.717) is 0 Å². The number of carboxylic acids is 1. The number of hydrogen-bond donors (Lipinski definition) is 3. The number of carboxylic acid groups (broad SMARTS) is 1. The maximum Gasteiger partial charge on any atom is 0.338 e. The van der Waals surface area contributed by atoms with Crippen molar-refractivity contribution in [1.82, 2.24) is 5.32 Å². The topological polar surface area (TPSA) is 75.3 Å². The molecule has 1 rings (SSSR count). The number of nitrogens with two attached hydrogens (primary N) is 1. The molecule has 4 N–H and O–H groups in total. The van der Waals surface area contributed by atoms with Gasteiger partial charge in [0.2, 0.25) is 0 Å². The van der Waals surface area contributed by atoms with Crippen molar-refractivity contribution in [2.75, 3.05) is 0 Å². The van der Waals surface area contributed by atoms with Crippen LogP contribution in [0.3, 0.4) is 0 Å². The van der Waals surface area contributed by atoms with E-state index in [2.05, 4.69) is 5.32 Å². The van der Waals surface area contributed by atoms with Crippen LogP contribution in [0, 0.1) is 0 Å². The van der Waals surface area contributed by atoms with Crippen LogP contribution < -0.4 is 11.1 Å². The van der Waals surface area contributed by atoms with Gasteiger partial charge in [0.25, 0.3) is 0 Å². The van der Waals surface area contributed by atoms with E-state index in [1.807, 2.05) is 0 Å². The molecule has 0 radical (unpaired) electrons. The van der Waals surface area contributed by atoms with Gasteiger partial charge in [0.15, 0.2) is 5.66 Å². The fraction of sp³-hybridized carbons (Fsp3) is 0.889. The van der Waals surface area contributed by atoms with Crippen LogP contribution in [0.4, 0.5) is 0 Å². The SMILES string of the molecule is C[C@@](N)(NC1CCCCC1)C(=O)O. The molecule has 1 aliphatic carbocycles. The smallest absolute Gasteiger partial charge is 0.338 e. The highest BCUT2D eigenvalue weighted by Crippen LogP contribution is 2.18. The summed E-state index contributed by atoms with van der Waals surface area (Å²) >= 11 is 0. The predicted octanol–water partition coefficient (Wildman–Crippen LogP) is 0.668. The van der Waals surface area contributed by atoms with Crippen LogP contribution in [0.2, 0.25) is 0 Å². The normalized spacial score (nSPS) is 23.8. The van der Waals surface area contributed by atoms with E-state index in [-0.39, 0.29) is 6.04 Å². The highest BCUT2D eigenvalue weighted by molar-refractivity contribution is 5.77. The first kappa shape index (κ1) is 10.5. The average Bonchev–Trinajstić information content (AvgIpc) is 2.05. The summed E-state index contributed by atoms with van der Waals surface area (Å²) in [7, 11) is 0. The first-order chi connectivity index (χ1) is 6.02. The minimum atomic E-state index is -1.28. The Hall–Kier alpha value is -0.610. The van der Waals surface area contributed by atoms with Crippen LogP contribution in [-0.2, 0) is 4.79 Å². The maximum atomic E-state index is 10.7. The molecular weight excluding hydrogens is 168 g/mol. The number of hydrogen-bond acceptors (Lipinski definition) is 3. The van der Waals surface area contributed by atoms with Gasteiger partial charge in [-0.1, -0.05) is 19.3 Å². The minimum Gasteiger partial charge on any atom is -0.479 e. The van der Waals surface area contributed by atoms with E-state index < -0.39 is 11.6 Å². The van der Waals surface area contributed by atoms with Gasteiger partial charge < -0.3 is 10.8 Å². The highest BCUT2D eigenvalue weighted by Gasteiger charge is 2.30. The first-order valence-electron chi connectivity index (χ1n) is 4.82. The van der Waals surface area contributed by atoms with Crippen molar-refractivity contribution in [3.05, 3.63) is 0 Å². The summed E-state index contributed by atoms with van der Waals surface area (Å²) in [5.74, 6) is -0.988. The molecule has 4 nitrogen and oxygen atoms in total. The van der Waals surface area contributed by atoms with E-state index in [4.69, 9.17) is 10.8 Å². The zero-order valence-corrected chi connectivity index (χ0v) is 8.05. The van der Waals surface area contributed by atoms with Gasteiger partial charge in [-0.25, -0.2) is 4.79 Å². The average molecular weight is 186 g/mol.